The van der Waals surface area contributed by atoms with E-state index in [0.29, 0.717) is 23.1 Å². The van der Waals surface area contributed by atoms with Crippen LogP contribution in [-0.4, -0.2) is 12.0 Å². The van der Waals surface area contributed by atoms with Crippen molar-refractivity contribution in [3.63, 3.8) is 0 Å². The maximum Gasteiger partial charge on any atom is 0.169 e. The largest absolute Gasteiger partial charge is 0.294 e. The number of rotatable bonds is 0. The molecule has 19 heavy (non-hydrogen) atoms. The second-order valence-electron chi connectivity index (χ2n) is 4.74. The molecule has 0 saturated heterocycles. The number of halogens is 2. The van der Waals surface area contributed by atoms with E-state index in [4.69, 9.17) is 0 Å². The van der Waals surface area contributed by atoms with Crippen molar-refractivity contribution in [3.05, 3.63) is 71.2 Å². The summed E-state index contributed by atoms with van der Waals surface area (Å²) in [6.07, 6.45) is 11.8. The van der Waals surface area contributed by atoms with Crippen molar-refractivity contribution in [2.45, 2.75) is 12.6 Å². The van der Waals surface area contributed by atoms with Crippen LogP contribution in [0.2, 0.25) is 0 Å². The number of alkyl halides is 1. The van der Waals surface area contributed by atoms with Gasteiger partial charge in [-0.05, 0) is 28.9 Å². The van der Waals surface area contributed by atoms with Crippen LogP contribution in [0.25, 0.3) is 0 Å². The predicted molar refractivity (Wildman–Crippen MR) is 69.7 cm³/mol. The summed E-state index contributed by atoms with van der Waals surface area (Å²) in [7, 11) is 0. The van der Waals surface area contributed by atoms with Gasteiger partial charge in [0.15, 0.2) is 5.78 Å². The lowest BCUT2D eigenvalue weighted by Gasteiger charge is -2.22. The molecule has 0 heterocycles. The van der Waals surface area contributed by atoms with Crippen LogP contribution in [0.15, 0.2) is 71.2 Å². The Hall–Kier alpha value is -2.03. The highest BCUT2D eigenvalue weighted by atomic mass is 19.1. The van der Waals surface area contributed by atoms with Crippen molar-refractivity contribution in [2.24, 2.45) is 5.92 Å². The molecule has 0 amide bonds. The Morgan fingerprint density at radius 2 is 2.00 bits per heavy atom. The van der Waals surface area contributed by atoms with E-state index in [0.717, 1.165) is 0 Å². The highest BCUT2D eigenvalue weighted by molar-refractivity contribution is 5.97. The van der Waals surface area contributed by atoms with Gasteiger partial charge in [0.1, 0.15) is 12.0 Å². The van der Waals surface area contributed by atoms with E-state index in [1.165, 1.54) is 12.2 Å². The standard InChI is InChI=1S/C16H12F2O/c17-13-5-1-3-10-7-8-15(19)16-11(9-12(10)13)4-2-6-14(16)18/h1-4,6-9,13,16H,5H2/b8-7-,11-9-. The molecular weight excluding hydrogens is 246 g/mol. The molecule has 0 aromatic carbocycles. The van der Waals surface area contributed by atoms with Crippen LogP contribution in [-0.2, 0) is 4.79 Å². The number of allylic oxidation sites excluding steroid dienone is 12. The molecule has 3 aliphatic rings. The van der Waals surface area contributed by atoms with Crippen LogP contribution in [0.4, 0.5) is 8.78 Å². The summed E-state index contributed by atoms with van der Waals surface area (Å²) in [5, 5.41) is 0. The van der Waals surface area contributed by atoms with E-state index in [1.54, 1.807) is 36.5 Å². The third-order valence-corrected chi connectivity index (χ3v) is 3.50. The smallest absolute Gasteiger partial charge is 0.169 e. The molecule has 0 N–H and O–H groups in total. The van der Waals surface area contributed by atoms with E-state index in [1.807, 2.05) is 0 Å². The van der Waals surface area contributed by atoms with Crippen LogP contribution in [0.1, 0.15) is 6.42 Å². The molecule has 0 bridgehead atoms. The monoisotopic (exact) mass is 258 g/mol. The van der Waals surface area contributed by atoms with Crippen LogP contribution in [0.5, 0.6) is 0 Å². The molecule has 2 atom stereocenters. The highest BCUT2D eigenvalue weighted by Gasteiger charge is 2.29. The maximum absolute atomic E-state index is 14.0. The second kappa shape index (κ2) is 4.57. The Labute approximate surface area is 110 Å². The van der Waals surface area contributed by atoms with Crippen molar-refractivity contribution in [2.75, 3.05) is 0 Å². The molecule has 0 aromatic rings. The quantitative estimate of drug-likeness (QED) is 0.647. The average Bonchev–Trinajstić information content (AvgIpc) is 2.37. The Morgan fingerprint density at radius 1 is 1.16 bits per heavy atom. The first-order valence-corrected chi connectivity index (χ1v) is 6.19. The first-order valence-electron chi connectivity index (χ1n) is 6.19. The Kier molecular flexibility index (Phi) is 2.90. The fourth-order valence-electron chi connectivity index (χ4n) is 2.53. The summed E-state index contributed by atoms with van der Waals surface area (Å²) in [5.41, 5.74) is 1.71. The number of carbonyl (C=O) groups excluding carboxylic acids is 1. The predicted octanol–water partition coefficient (Wildman–Crippen LogP) is 3.69. The van der Waals surface area contributed by atoms with Crippen molar-refractivity contribution < 1.29 is 13.6 Å². The lowest BCUT2D eigenvalue weighted by molar-refractivity contribution is -0.116. The molecule has 1 nitrogen and oxygen atoms in total. The fraction of sp³-hybridized carbons (Fsp3) is 0.188. The fourth-order valence-corrected chi connectivity index (χ4v) is 2.53. The van der Waals surface area contributed by atoms with Gasteiger partial charge in [-0.3, -0.25) is 4.79 Å². The van der Waals surface area contributed by atoms with Gasteiger partial charge < -0.3 is 0 Å². The lowest BCUT2D eigenvalue weighted by Crippen LogP contribution is -2.19. The maximum atomic E-state index is 14.0. The molecule has 3 rings (SSSR count). The molecular formula is C16H12F2O. The second-order valence-corrected chi connectivity index (χ2v) is 4.74. The van der Waals surface area contributed by atoms with Gasteiger partial charge in [0.05, 0.1) is 5.92 Å². The molecule has 0 spiro atoms. The minimum absolute atomic E-state index is 0.315. The van der Waals surface area contributed by atoms with Gasteiger partial charge in [0.2, 0.25) is 0 Å². The number of fused-ring (bicyclic) bond motifs is 1. The first-order chi connectivity index (χ1) is 9.16. The molecule has 0 fully saturated rings. The zero-order chi connectivity index (χ0) is 13.4. The summed E-state index contributed by atoms with van der Waals surface area (Å²) >= 11 is 0. The molecule has 0 radical (unpaired) electrons. The van der Waals surface area contributed by atoms with Crippen molar-refractivity contribution in [1.29, 1.82) is 0 Å². The van der Waals surface area contributed by atoms with Gasteiger partial charge in [-0.25, -0.2) is 8.78 Å². The zero-order valence-electron chi connectivity index (χ0n) is 10.1. The summed E-state index contributed by atoms with van der Waals surface area (Å²) in [5.74, 6) is -1.73. The minimum atomic E-state index is -1.10. The molecule has 0 saturated carbocycles. The van der Waals surface area contributed by atoms with Crippen LogP contribution in [0, 0.1) is 5.92 Å². The zero-order valence-corrected chi connectivity index (χ0v) is 10.1. The topological polar surface area (TPSA) is 17.1 Å². The van der Waals surface area contributed by atoms with Gasteiger partial charge in [-0.1, -0.05) is 36.5 Å². The lowest BCUT2D eigenvalue weighted by atomic mass is 9.83. The van der Waals surface area contributed by atoms with Gasteiger partial charge in [-0.15, -0.1) is 0 Å². The van der Waals surface area contributed by atoms with Crippen LogP contribution in [0.3, 0.4) is 0 Å². The highest BCUT2D eigenvalue weighted by Crippen LogP contribution is 2.34. The molecule has 96 valence electrons. The number of carbonyl (C=O) groups is 1. The van der Waals surface area contributed by atoms with E-state index in [2.05, 4.69) is 0 Å². The van der Waals surface area contributed by atoms with E-state index in [9.17, 15) is 13.6 Å². The molecule has 2 unspecified atom stereocenters. The Bertz CT molecular complexity index is 615. The van der Waals surface area contributed by atoms with E-state index >= 15 is 0 Å². The van der Waals surface area contributed by atoms with Crippen molar-refractivity contribution >= 4 is 5.78 Å². The van der Waals surface area contributed by atoms with Gasteiger partial charge in [0.25, 0.3) is 0 Å². The molecule has 0 aromatic heterocycles. The third-order valence-electron chi connectivity index (χ3n) is 3.50. The van der Waals surface area contributed by atoms with Crippen molar-refractivity contribution in [3.8, 4) is 0 Å². The SMILES string of the molecule is O=C1/C=C\C2=C(/C=C3/C=CC=C(F)C13)C(F)CC=C2. The minimum Gasteiger partial charge on any atom is -0.294 e. The van der Waals surface area contributed by atoms with Gasteiger partial charge in [0, 0.05) is 6.42 Å². The van der Waals surface area contributed by atoms with Crippen LogP contribution < -0.4 is 0 Å². The normalized spacial score (nSPS) is 33.7. The summed E-state index contributed by atoms with van der Waals surface area (Å²) < 4.78 is 27.8. The number of hydrogen-bond acceptors (Lipinski definition) is 1. The number of hydrogen-bond donors (Lipinski definition) is 0. The molecule has 3 aliphatic carbocycles. The third kappa shape index (κ3) is 2.05. The Balaban J connectivity index is 2.17. The summed E-state index contributed by atoms with van der Waals surface area (Å²) in [6.45, 7) is 0. The van der Waals surface area contributed by atoms with Gasteiger partial charge >= 0.3 is 0 Å². The summed E-state index contributed by atoms with van der Waals surface area (Å²) in [4.78, 5) is 12.0. The van der Waals surface area contributed by atoms with Gasteiger partial charge in [-0.2, -0.15) is 0 Å². The first kappa shape index (κ1) is 12.0. The summed E-state index contributed by atoms with van der Waals surface area (Å²) in [6, 6.07) is 0. The molecule has 0 aliphatic heterocycles. The molecule has 3 heteroatoms. The van der Waals surface area contributed by atoms with E-state index < -0.39 is 17.9 Å². The average molecular weight is 258 g/mol. The van der Waals surface area contributed by atoms with E-state index in [-0.39, 0.29) is 5.78 Å². The Morgan fingerprint density at radius 3 is 2.84 bits per heavy atom. The van der Waals surface area contributed by atoms with Crippen molar-refractivity contribution in [1.82, 2.24) is 0 Å². The number of ketones is 1. The van der Waals surface area contributed by atoms with Crippen LogP contribution >= 0.6 is 0 Å².